The Balaban J connectivity index is 1.44. The monoisotopic (exact) mass is 494 g/mol. The second-order valence-electron chi connectivity index (χ2n) is 7.11. The number of anilines is 2. The molecular weight excluding hydrogens is 475 g/mol. The smallest absolute Gasteiger partial charge is 0.270 e. The van der Waals surface area contributed by atoms with Gasteiger partial charge >= 0.3 is 0 Å². The first kappa shape index (κ1) is 23.5. The second-order valence-corrected chi connectivity index (χ2v) is 8.78. The standard InChI is InChI=1S/C25H19FN2O4S2/c1-31-21-13-16(14-22-24(30)28(25(33)34-22)19-5-3-2-4-6-19)7-12-20(21)32-15-23(29)27-18-10-8-17(26)9-11-18/h2-14H,15H2,1H3,(H,27,29)/b22-14-. The third-order valence-electron chi connectivity index (χ3n) is 4.78. The average Bonchev–Trinajstić information content (AvgIpc) is 3.12. The lowest BCUT2D eigenvalue weighted by molar-refractivity contribution is -0.118. The molecule has 0 spiro atoms. The Morgan fingerprint density at radius 1 is 1.09 bits per heavy atom. The van der Waals surface area contributed by atoms with E-state index in [1.54, 1.807) is 24.3 Å². The van der Waals surface area contributed by atoms with Crippen LogP contribution in [0.4, 0.5) is 15.8 Å². The molecule has 0 radical (unpaired) electrons. The minimum atomic E-state index is -0.401. The van der Waals surface area contributed by atoms with Gasteiger partial charge in [-0.05, 0) is 60.2 Å². The van der Waals surface area contributed by atoms with Crippen molar-refractivity contribution in [3.05, 3.63) is 89.1 Å². The zero-order valence-corrected chi connectivity index (χ0v) is 19.6. The van der Waals surface area contributed by atoms with Crippen LogP contribution in [0.5, 0.6) is 11.5 Å². The van der Waals surface area contributed by atoms with Crippen LogP contribution in [-0.4, -0.2) is 29.9 Å². The summed E-state index contributed by atoms with van der Waals surface area (Å²) < 4.78 is 24.4. The number of hydrogen-bond acceptors (Lipinski definition) is 6. The van der Waals surface area contributed by atoms with Gasteiger partial charge in [0.1, 0.15) is 5.82 Å². The first-order chi connectivity index (χ1) is 16.4. The fourth-order valence-electron chi connectivity index (χ4n) is 3.19. The van der Waals surface area contributed by atoms with Gasteiger partial charge in [0.15, 0.2) is 22.4 Å². The van der Waals surface area contributed by atoms with E-state index in [0.717, 1.165) is 0 Å². The normalized spacial score (nSPS) is 14.4. The average molecular weight is 495 g/mol. The highest BCUT2D eigenvalue weighted by molar-refractivity contribution is 8.27. The lowest BCUT2D eigenvalue weighted by Gasteiger charge is -2.14. The van der Waals surface area contributed by atoms with E-state index in [1.807, 2.05) is 30.3 Å². The van der Waals surface area contributed by atoms with E-state index < -0.39 is 5.91 Å². The van der Waals surface area contributed by atoms with Crippen molar-refractivity contribution in [1.29, 1.82) is 0 Å². The summed E-state index contributed by atoms with van der Waals surface area (Å²) in [6.45, 7) is -0.261. The Bertz CT molecular complexity index is 1260. The van der Waals surface area contributed by atoms with Crippen molar-refractivity contribution in [3.63, 3.8) is 0 Å². The molecule has 0 aromatic heterocycles. The number of nitrogens with zero attached hydrogens (tertiary/aromatic N) is 1. The number of para-hydroxylation sites is 1. The Kier molecular flexibility index (Phi) is 7.24. The van der Waals surface area contributed by atoms with E-state index in [4.69, 9.17) is 21.7 Å². The number of ether oxygens (including phenoxy) is 2. The number of thiocarbonyl (C=S) groups is 1. The topological polar surface area (TPSA) is 67.9 Å². The molecule has 0 atom stereocenters. The van der Waals surface area contributed by atoms with Crippen LogP contribution in [0, 0.1) is 5.82 Å². The fourth-order valence-corrected chi connectivity index (χ4v) is 4.48. The molecule has 3 aromatic carbocycles. The molecule has 172 valence electrons. The van der Waals surface area contributed by atoms with E-state index in [0.29, 0.717) is 37.7 Å². The predicted molar refractivity (Wildman–Crippen MR) is 136 cm³/mol. The molecule has 0 aliphatic carbocycles. The van der Waals surface area contributed by atoms with E-state index >= 15 is 0 Å². The molecular formula is C25H19FN2O4S2. The SMILES string of the molecule is COc1cc(/C=C2\SC(=S)N(c3ccccc3)C2=O)ccc1OCC(=O)Nc1ccc(F)cc1. The number of nitrogens with one attached hydrogen (secondary N) is 1. The molecule has 3 aromatic rings. The number of rotatable bonds is 7. The third-order valence-corrected chi connectivity index (χ3v) is 6.08. The number of hydrogen-bond donors (Lipinski definition) is 1. The maximum Gasteiger partial charge on any atom is 0.270 e. The van der Waals surface area contributed by atoms with Gasteiger partial charge in [-0.1, -0.05) is 48.2 Å². The van der Waals surface area contributed by atoms with E-state index in [-0.39, 0.29) is 18.3 Å². The van der Waals surface area contributed by atoms with E-state index in [2.05, 4.69) is 5.32 Å². The van der Waals surface area contributed by atoms with Gasteiger partial charge in [-0.2, -0.15) is 0 Å². The number of thioether (sulfide) groups is 1. The third kappa shape index (κ3) is 5.44. The van der Waals surface area contributed by atoms with Gasteiger partial charge in [-0.3, -0.25) is 14.5 Å². The van der Waals surface area contributed by atoms with Crippen molar-refractivity contribution in [2.45, 2.75) is 0 Å². The summed E-state index contributed by atoms with van der Waals surface area (Å²) in [7, 11) is 1.49. The Morgan fingerprint density at radius 2 is 1.82 bits per heavy atom. The maximum absolute atomic E-state index is 13.0. The predicted octanol–water partition coefficient (Wildman–Crippen LogP) is 5.26. The summed E-state index contributed by atoms with van der Waals surface area (Å²) in [5.41, 5.74) is 1.90. The van der Waals surface area contributed by atoms with Crippen molar-refractivity contribution >= 4 is 57.6 Å². The minimum Gasteiger partial charge on any atom is -0.493 e. The molecule has 1 N–H and O–H groups in total. The Labute approximate surface area is 205 Å². The van der Waals surface area contributed by atoms with Crippen LogP contribution in [0.25, 0.3) is 6.08 Å². The molecule has 1 heterocycles. The van der Waals surface area contributed by atoms with Crippen molar-refractivity contribution in [2.24, 2.45) is 0 Å². The summed E-state index contributed by atoms with van der Waals surface area (Å²) in [5.74, 6) is -0.214. The van der Waals surface area contributed by atoms with Gasteiger partial charge < -0.3 is 14.8 Å². The first-order valence-corrected chi connectivity index (χ1v) is 11.4. The van der Waals surface area contributed by atoms with Crippen molar-refractivity contribution < 1.29 is 23.5 Å². The summed E-state index contributed by atoms with van der Waals surface area (Å²) in [5, 5.41) is 2.63. The molecule has 6 nitrogen and oxygen atoms in total. The maximum atomic E-state index is 13.0. The molecule has 9 heteroatoms. The summed E-state index contributed by atoms with van der Waals surface area (Å²) >= 11 is 6.63. The highest BCUT2D eigenvalue weighted by Crippen LogP contribution is 2.37. The molecule has 1 aliphatic rings. The van der Waals surface area contributed by atoms with Crippen LogP contribution in [0.3, 0.4) is 0 Å². The quantitative estimate of drug-likeness (QED) is 0.357. The number of amides is 2. The summed E-state index contributed by atoms with van der Waals surface area (Å²) in [4.78, 5) is 27.1. The Hall–Kier alpha value is -3.69. The van der Waals surface area contributed by atoms with Crippen molar-refractivity contribution in [2.75, 3.05) is 23.9 Å². The van der Waals surface area contributed by atoms with Gasteiger partial charge in [-0.15, -0.1) is 0 Å². The van der Waals surface area contributed by atoms with Crippen molar-refractivity contribution in [1.82, 2.24) is 0 Å². The van der Waals surface area contributed by atoms with Crippen LogP contribution < -0.4 is 19.7 Å². The zero-order chi connectivity index (χ0) is 24.1. The van der Waals surface area contributed by atoms with Crippen LogP contribution in [0.1, 0.15) is 5.56 Å². The molecule has 1 fully saturated rings. The van der Waals surface area contributed by atoms with Crippen molar-refractivity contribution in [3.8, 4) is 11.5 Å². The minimum absolute atomic E-state index is 0.196. The highest BCUT2D eigenvalue weighted by Gasteiger charge is 2.33. The van der Waals surface area contributed by atoms with Crippen LogP contribution >= 0.6 is 24.0 Å². The van der Waals surface area contributed by atoms with E-state index in [1.165, 1.54) is 48.0 Å². The van der Waals surface area contributed by atoms with Crippen LogP contribution in [0.15, 0.2) is 77.7 Å². The summed E-state index contributed by atoms with van der Waals surface area (Å²) in [6, 6.07) is 19.8. The highest BCUT2D eigenvalue weighted by atomic mass is 32.2. The molecule has 0 bridgehead atoms. The number of halogens is 1. The molecule has 2 amide bonds. The number of carbonyl (C=O) groups excluding carboxylic acids is 2. The van der Waals surface area contributed by atoms with Gasteiger partial charge in [0.05, 0.1) is 17.7 Å². The lowest BCUT2D eigenvalue weighted by atomic mass is 10.2. The van der Waals surface area contributed by atoms with Gasteiger partial charge in [0.25, 0.3) is 11.8 Å². The van der Waals surface area contributed by atoms with E-state index in [9.17, 15) is 14.0 Å². The van der Waals surface area contributed by atoms with Gasteiger partial charge in [0, 0.05) is 5.69 Å². The molecule has 1 saturated heterocycles. The molecule has 34 heavy (non-hydrogen) atoms. The zero-order valence-electron chi connectivity index (χ0n) is 18.0. The summed E-state index contributed by atoms with van der Waals surface area (Å²) in [6.07, 6.45) is 1.73. The molecule has 0 saturated carbocycles. The van der Waals surface area contributed by atoms with Gasteiger partial charge in [0.2, 0.25) is 0 Å². The molecule has 4 rings (SSSR count). The first-order valence-electron chi connectivity index (χ1n) is 10.1. The Morgan fingerprint density at radius 3 is 2.53 bits per heavy atom. The second kappa shape index (κ2) is 10.5. The number of methoxy groups -OCH3 is 1. The van der Waals surface area contributed by atoms with Crippen LogP contribution in [0.2, 0.25) is 0 Å². The molecule has 0 unspecified atom stereocenters. The fraction of sp³-hybridized carbons (Fsp3) is 0.0800. The largest absolute Gasteiger partial charge is 0.493 e. The molecule has 1 aliphatic heterocycles. The number of carbonyl (C=O) groups is 2. The van der Waals surface area contributed by atoms with Crippen LogP contribution in [-0.2, 0) is 9.59 Å². The van der Waals surface area contributed by atoms with Gasteiger partial charge in [-0.25, -0.2) is 4.39 Å². The lowest BCUT2D eigenvalue weighted by Crippen LogP contribution is -2.27. The number of benzene rings is 3.